The molecule has 0 saturated heterocycles. The Kier molecular flexibility index (Phi) is 5.68. The van der Waals surface area contributed by atoms with E-state index >= 15 is 0 Å². The van der Waals surface area contributed by atoms with Crippen LogP contribution in [0.25, 0.3) is 0 Å². The SMILES string of the molecule is Cc1cc(Cl)ccc1OCC(=O)NN1C(=O)c2ccccc2NC1c1ccc(O)cc1. The molecule has 8 heteroatoms. The lowest BCUT2D eigenvalue weighted by Gasteiger charge is -2.37. The first-order valence-electron chi connectivity index (χ1n) is 9.59. The summed E-state index contributed by atoms with van der Waals surface area (Å²) < 4.78 is 5.59. The van der Waals surface area contributed by atoms with Gasteiger partial charge in [-0.05, 0) is 60.5 Å². The molecule has 7 nitrogen and oxygen atoms in total. The summed E-state index contributed by atoms with van der Waals surface area (Å²) >= 11 is 5.95. The van der Waals surface area contributed by atoms with Crippen molar-refractivity contribution >= 4 is 29.1 Å². The number of amides is 2. The molecule has 0 aliphatic carbocycles. The first-order valence-corrected chi connectivity index (χ1v) is 9.96. The van der Waals surface area contributed by atoms with E-state index in [2.05, 4.69) is 10.7 Å². The van der Waals surface area contributed by atoms with E-state index in [1.165, 1.54) is 17.1 Å². The number of ether oxygens (including phenoxy) is 1. The lowest BCUT2D eigenvalue weighted by Crippen LogP contribution is -2.53. The summed E-state index contributed by atoms with van der Waals surface area (Å²) in [5, 5.41) is 14.7. The molecule has 0 fully saturated rings. The molecule has 0 saturated carbocycles. The highest BCUT2D eigenvalue weighted by atomic mass is 35.5. The topological polar surface area (TPSA) is 90.9 Å². The second kappa shape index (κ2) is 8.57. The molecule has 1 heterocycles. The predicted octanol–water partition coefficient (Wildman–Crippen LogP) is 4.03. The molecule has 31 heavy (non-hydrogen) atoms. The van der Waals surface area contributed by atoms with E-state index in [4.69, 9.17) is 16.3 Å². The monoisotopic (exact) mass is 437 g/mol. The van der Waals surface area contributed by atoms with Gasteiger partial charge in [-0.3, -0.25) is 15.0 Å². The first-order chi connectivity index (χ1) is 14.9. The van der Waals surface area contributed by atoms with Gasteiger partial charge in [-0.2, -0.15) is 0 Å². The van der Waals surface area contributed by atoms with Crippen LogP contribution >= 0.6 is 11.6 Å². The van der Waals surface area contributed by atoms with Crippen molar-refractivity contribution in [2.45, 2.75) is 13.1 Å². The highest BCUT2D eigenvalue weighted by Gasteiger charge is 2.34. The van der Waals surface area contributed by atoms with Crippen LogP contribution in [-0.2, 0) is 4.79 Å². The van der Waals surface area contributed by atoms with Gasteiger partial charge in [0, 0.05) is 10.7 Å². The van der Waals surface area contributed by atoms with Crippen LogP contribution in [0.3, 0.4) is 0 Å². The molecule has 3 N–H and O–H groups in total. The van der Waals surface area contributed by atoms with Crippen LogP contribution in [0.5, 0.6) is 11.5 Å². The molecule has 3 aromatic carbocycles. The fraction of sp³-hybridized carbons (Fsp3) is 0.130. The van der Waals surface area contributed by atoms with Gasteiger partial charge in [0.25, 0.3) is 11.8 Å². The largest absolute Gasteiger partial charge is 0.508 e. The highest BCUT2D eigenvalue weighted by molar-refractivity contribution is 6.30. The summed E-state index contributed by atoms with van der Waals surface area (Å²) in [6.45, 7) is 1.55. The zero-order chi connectivity index (χ0) is 22.0. The fourth-order valence-corrected chi connectivity index (χ4v) is 3.57. The maximum atomic E-state index is 13.1. The predicted molar refractivity (Wildman–Crippen MR) is 117 cm³/mol. The number of para-hydroxylation sites is 1. The number of fused-ring (bicyclic) bond motifs is 1. The van der Waals surface area contributed by atoms with Crippen molar-refractivity contribution in [3.8, 4) is 11.5 Å². The van der Waals surface area contributed by atoms with Crippen LogP contribution in [0, 0.1) is 6.92 Å². The van der Waals surface area contributed by atoms with Crippen molar-refractivity contribution in [2.75, 3.05) is 11.9 Å². The van der Waals surface area contributed by atoms with Crippen molar-refractivity contribution in [2.24, 2.45) is 0 Å². The van der Waals surface area contributed by atoms with Crippen LogP contribution in [0.4, 0.5) is 5.69 Å². The molecule has 158 valence electrons. The summed E-state index contributed by atoms with van der Waals surface area (Å²) in [5.74, 6) is -0.215. The third-order valence-electron chi connectivity index (χ3n) is 4.88. The van der Waals surface area contributed by atoms with E-state index in [0.29, 0.717) is 27.6 Å². The minimum Gasteiger partial charge on any atom is -0.508 e. The second-order valence-electron chi connectivity index (χ2n) is 7.09. The maximum absolute atomic E-state index is 13.1. The second-order valence-corrected chi connectivity index (χ2v) is 7.53. The van der Waals surface area contributed by atoms with Gasteiger partial charge in [0.15, 0.2) is 6.61 Å². The molecule has 0 bridgehead atoms. The molecular weight excluding hydrogens is 418 g/mol. The number of nitrogens with one attached hydrogen (secondary N) is 2. The molecule has 1 aliphatic rings. The molecule has 0 radical (unpaired) electrons. The number of phenolic OH excluding ortho intramolecular Hbond substituents is 1. The summed E-state index contributed by atoms with van der Waals surface area (Å²) in [5.41, 5.74) is 5.22. The number of halogens is 1. The number of benzene rings is 3. The average Bonchev–Trinajstić information content (AvgIpc) is 2.75. The molecule has 4 rings (SSSR count). The Balaban J connectivity index is 1.55. The molecule has 0 spiro atoms. The number of hydrogen-bond acceptors (Lipinski definition) is 5. The van der Waals surface area contributed by atoms with Crippen molar-refractivity contribution in [3.63, 3.8) is 0 Å². The maximum Gasteiger partial charge on any atom is 0.276 e. The fourth-order valence-electron chi connectivity index (χ4n) is 3.34. The van der Waals surface area contributed by atoms with E-state index in [-0.39, 0.29) is 18.3 Å². The number of carbonyl (C=O) groups excluding carboxylic acids is 2. The van der Waals surface area contributed by atoms with Crippen LogP contribution in [0.15, 0.2) is 66.7 Å². The van der Waals surface area contributed by atoms with Gasteiger partial charge >= 0.3 is 0 Å². The Bertz CT molecular complexity index is 1130. The zero-order valence-electron chi connectivity index (χ0n) is 16.6. The number of anilines is 1. The molecule has 1 aliphatic heterocycles. The Morgan fingerprint density at radius 1 is 1.16 bits per heavy atom. The van der Waals surface area contributed by atoms with Crippen LogP contribution < -0.4 is 15.5 Å². The zero-order valence-corrected chi connectivity index (χ0v) is 17.4. The summed E-state index contributed by atoms with van der Waals surface area (Å²) in [6, 6.07) is 18.6. The molecule has 0 aromatic heterocycles. The van der Waals surface area contributed by atoms with Gasteiger partial charge in [-0.1, -0.05) is 35.9 Å². The lowest BCUT2D eigenvalue weighted by molar-refractivity contribution is -0.127. The Morgan fingerprint density at radius 3 is 2.65 bits per heavy atom. The minimum absolute atomic E-state index is 0.105. The van der Waals surface area contributed by atoms with Crippen LogP contribution in [-0.4, -0.2) is 28.5 Å². The highest BCUT2D eigenvalue weighted by Crippen LogP contribution is 2.32. The standard InChI is InChI=1S/C23H20ClN3O4/c1-14-12-16(24)8-11-20(14)31-13-21(29)26-27-22(15-6-9-17(28)10-7-15)25-19-5-3-2-4-18(19)23(27)30/h2-12,22,25,28H,13H2,1H3,(H,26,29). The van der Waals surface area contributed by atoms with Crippen molar-refractivity contribution in [3.05, 3.63) is 88.4 Å². The Labute approximate surface area is 184 Å². The normalized spacial score (nSPS) is 15.1. The number of aromatic hydroxyl groups is 1. The Morgan fingerprint density at radius 2 is 1.90 bits per heavy atom. The summed E-state index contributed by atoms with van der Waals surface area (Å²) in [4.78, 5) is 25.8. The molecule has 1 atom stereocenters. The van der Waals surface area contributed by atoms with E-state index < -0.39 is 12.1 Å². The number of phenols is 1. The van der Waals surface area contributed by atoms with Crippen molar-refractivity contribution in [1.82, 2.24) is 10.4 Å². The molecule has 1 unspecified atom stereocenters. The number of rotatable bonds is 5. The summed E-state index contributed by atoms with van der Waals surface area (Å²) in [6.07, 6.45) is -0.663. The third-order valence-corrected chi connectivity index (χ3v) is 5.11. The smallest absolute Gasteiger partial charge is 0.276 e. The van der Waals surface area contributed by atoms with Crippen molar-refractivity contribution < 1.29 is 19.4 Å². The van der Waals surface area contributed by atoms with Gasteiger partial charge in [0.2, 0.25) is 0 Å². The lowest BCUT2D eigenvalue weighted by atomic mass is 10.0. The van der Waals surface area contributed by atoms with Crippen LogP contribution in [0.1, 0.15) is 27.7 Å². The number of hydrogen-bond donors (Lipinski definition) is 3. The Hall–Kier alpha value is -3.71. The average molecular weight is 438 g/mol. The number of nitrogens with zero attached hydrogens (tertiary/aromatic N) is 1. The number of carbonyl (C=O) groups is 2. The van der Waals surface area contributed by atoms with Crippen molar-refractivity contribution in [1.29, 1.82) is 0 Å². The van der Waals surface area contributed by atoms with E-state index in [0.717, 1.165) is 5.56 Å². The molecule has 2 amide bonds. The quantitative estimate of drug-likeness (QED) is 0.560. The van der Waals surface area contributed by atoms with Gasteiger partial charge in [0.1, 0.15) is 17.7 Å². The number of aryl methyl sites for hydroxylation is 1. The third kappa shape index (κ3) is 4.41. The van der Waals surface area contributed by atoms with E-state index in [1.807, 2.05) is 13.0 Å². The van der Waals surface area contributed by atoms with E-state index in [1.54, 1.807) is 48.5 Å². The van der Waals surface area contributed by atoms with Gasteiger partial charge in [0.05, 0.1) is 5.56 Å². The van der Waals surface area contributed by atoms with Crippen LogP contribution in [0.2, 0.25) is 5.02 Å². The van der Waals surface area contributed by atoms with Gasteiger partial charge in [-0.15, -0.1) is 0 Å². The molecule has 3 aromatic rings. The molecular formula is C23H20ClN3O4. The first kappa shape index (κ1) is 20.6. The van der Waals surface area contributed by atoms with E-state index in [9.17, 15) is 14.7 Å². The minimum atomic E-state index is -0.663. The summed E-state index contributed by atoms with van der Waals surface area (Å²) in [7, 11) is 0. The number of hydrazine groups is 1. The van der Waals surface area contributed by atoms with Gasteiger partial charge < -0.3 is 15.2 Å². The van der Waals surface area contributed by atoms with Gasteiger partial charge in [-0.25, -0.2) is 5.01 Å².